The molecule has 0 spiro atoms. The van der Waals surface area contributed by atoms with Gasteiger partial charge >= 0.3 is 0 Å². The molecule has 0 aliphatic carbocycles. The molecule has 1 aliphatic heterocycles. The average molecular weight is 203 g/mol. The van der Waals surface area contributed by atoms with Gasteiger partial charge in [0, 0.05) is 12.7 Å². The summed E-state index contributed by atoms with van der Waals surface area (Å²) in [7, 11) is 0. The van der Waals surface area contributed by atoms with Crippen LogP contribution in [0.2, 0.25) is 0 Å². The highest BCUT2D eigenvalue weighted by atomic mass is 16.2. The Morgan fingerprint density at radius 3 is 2.27 bits per heavy atom. The third kappa shape index (κ3) is 2.09. The molecule has 0 aromatic carbocycles. The van der Waals surface area contributed by atoms with Gasteiger partial charge in [-0.1, -0.05) is 24.3 Å². The van der Waals surface area contributed by atoms with Crippen molar-refractivity contribution in [1.82, 2.24) is 4.90 Å². The van der Waals surface area contributed by atoms with Gasteiger partial charge in [0.05, 0.1) is 5.41 Å². The van der Waals surface area contributed by atoms with E-state index in [9.17, 15) is 4.79 Å². The smallest absolute Gasteiger partial charge is 0.237 e. The van der Waals surface area contributed by atoms with E-state index in [4.69, 9.17) is 0 Å². The van der Waals surface area contributed by atoms with E-state index >= 15 is 0 Å². The summed E-state index contributed by atoms with van der Waals surface area (Å²) in [6.45, 7) is 11.6. The van der Waals surface area contributed by atoms with E-state index in [1.54, 1.807) is 23.1 Å². The zero-order valence-corrected chi connectivity index (χ0v) is 8.98. The summed E-state index contributed by atoms with van der Waals surface area (Å²) in [5, 5.41) is 0. The van der Waals surface area contributed by atoms with Gasteiger partial charge in [0.2, 0.25) is 5.91 Å². The topological polar surface area (TPSA) is 20.3 Å². The number of nitrogens with zero attached hydrogens (tertiary/aromatic N) is 1. The van der Waals surface area contributed by atoms with E-state index < -0.39 is 5.41 Å². The zero-order valence-electron chi connectivity index (χ0n) is 8.98. The first-order valence-corrected chi connectivity index (χ1v) is 5.03. The molecule has 1 rings (SSSR count). The second-order valence-corrected chi connectivity index (χ2v) is 3.70. The van der Waals surface area contributed by atoms with Gasteiger partial charge in [-0.05, 0) is 12.8 Å². The Bertz CT molecular complexity index is 304. The van der Waals surface area contributed by atoms with Crippen molar-refractivity contribution < 1.29 is 4.79 Å². The third-order valence-corrected chi connectivity index (χ3v) is 2.60. The standard InChI is InChI=1S/C13H17NO/c1-4-7-13(8-5-2)9-11-14(10-6-3)12(13)15/h4-6,9,11H,1-3,7-8,10H2. The number of hydrogen-bond acceptors (Lipinski definition) is 1. The third-order valence-electron chi connectivity index (χ3n) is 2.60. The molecule has 1 heterocycles. The summed E-state index contributed by atoms with van der Waals surface area (Å²) in [5.41, 5.74) is -0.452. The number of carbonyl (C=O) groups excluding carboxylic acids is 1. The Morgan fingerprint density at radius 1 is 1.20 bits per heavy atom. The van der Waals surface area contributed by atoms with Crippen LogP contribution in [0.15, 0.2) is 50.2 Å². The largest absolute Gasteiger partial charge is 0.315 e. The number of rotatable bonds is 6. The highest BCUT2D eigenvalue weighted by molar-refractivity contribution is 5.88. The molecule has 0 N–H and O–H groups in total. The van der Waals surface area contributed by atoms with Crippen molar-refractivity contribution in [1.29, 1.82) is 0 Å². The summed E-state index contributed by atoms with van der Waals surface area (Å²) in [5.74, 6) is 0.113. The Balaban J connectivity index is 2.88. The van der Waals surface area contributed by atoms with Crippen molar-refractivity contribution in [2.24, 2.45) is 5.41 Å². The lowest BCUT2D eigenvalue weighted by Gasteiger charge is -2.24. The summed E-state index contributed by atoms with van der Waals surface area (Å²) in [4.78, 5) is 13.8. The molecule has 0 radical (unpaired) electrons. The molecule has 2 nitrogen and oxygen atoms in total. The van der Waals surface area contributed by atoms with E-state index in [1.807, 2.05) is 12.3 Å². The molecular formula is C13H17NO. The first-order chi connectivity index (χ1) is 7.20. The van der Waals surface area contributed by atoms with Crippen molar-refractivity contribution in [3.8, 4) is 0 Å². The van der Waals surface area contributed by atoms with Crippen LogP contribution in [0.4, 0.5) is 0 Å². The second-order valence-electron chi connectivity index (χ2n) is 3.70. The van der Waals surface area contributed by atoms with Crippen LogP contribution in [0.1, 0.15) is 12.8 Å². The molecule has 0 saturated heterocycles. The molecule has 0 atom stereocenters. The maximum atomic E-state index is 12.1. The van der Waals surface area contributed by atoms with Crippen LogP contribution in [0, 0.1) is 5.41 Å². The minimum Gasteiger partial charge on any atom is -0.315 e. The zero-order chi connectivity index (χ0) is 11.3. The van der Waals surface area contributed by atoms with Gasteiger partial charge in [0.25, 0.3) is 0 Å². The SMILES string of the molecule is C=CCN1C=CC(CC=C)(CC=C)C1=O. The number of amides is 1. The fourth-order valence-electron chi connectivity index (χ4n) is 1.85. The minimum atomic E-state index is -0.452. The lowest BCUT2D eigenvalue weighted by Crippen LogP contribution is -2.34. The van der Waals surface area contributed by atoms with Gasteiger partial charge < -0.3 is 4.90 Å². The van der Waals surface area contributed by atoms with Gasteiger partial charge in [0.15, 0.2) is 0 Å². The average Bonchev–Trinajstić information content (AvgIpc) is 2.49. The van der Waals surface area contributed by atoms with Gasteiger partial charge in [-0.3, -0.25) is 4.79 Å². The van der Waals surface area contributed by atoms with Crippen LogP contribution in [-0.2, 0) is 4.79 Å². The van der Waals surface area contributed by atoms with E-state index in [2.05, 4.69) is 19.7 Å². The number of carbonyl (C=O) groups is 1. The van der Waals surface area contributed by atoms with Gasteiger partial charge in [0.1, 0.15) is 0 Å². The molecule has 0 bridgehead atoms. The van der Waals surface area contributed by atoms with Gasteiger partial charge in [-0.25, -0.2) is 0 Å². The predicted molar refractivity (Wildman–Crippen MR) is 63.1 cm³/mol. The second kappa shape index (κ2) is 4.78. The monoisotopic (exact) mass is 203 g/mol. The lowest BCUT2D eigenvalue weighted by molar-refractivity contribution is -0.134. The molecule has 0 aromatic heterocycles. The number of hydrogen-bond donors (Lipinski definition) is 0. The first-order valence-electron chi connectivity index (χ1n) is 5.03. The molecule has 15 heavy (non-hydrogen) atoms. The fourth-order valence-corrected chi connectivity index (χ4v) is 1.85. The maximum Gasteiger partial charge on any atom is 0.237 e. The Kier molecular flexibility index (Phi) is 3.67. The molecule has 0 saturated carbocycles. The molecule has 1 amide bonds. The first kappa shape index (κ1) is 11.5. The molecule has 0 aromatic rings. The quantitative estimate of drug-likeness (QED) is 0.608. The Hall–Kier alpha value is -1.57. The highest BCUT2D eigenvalue weighted by Gasteiger charge is 2.40. The maximum absolute atomic E-state index is 12.1. The van der Waals surface area contributed by atoms with Crippen LogP contribution in [0.5, 0.6) is 0 Å². The summed E-state index contributed by atoms with van der Waals surface area (Å²) in [6.07, 6.45) is 10.4. The van der Waals surface area contributed by atoms with E-state index in [0.29, 0.717) is 19.4 Å². The molecule has 80 valence electrons. The summed E-state index contributed by atoms with van der Waals surface area (Å²) >= 11 is 0. The Labute approximate surface area is 91.3 Å². The van der Waals surface area contributed by atoms with Crippen LogP contribution in [-0.4, -0.2) is 17.4 Å². The van der Waals surface area contributed by atoms with Crippen molar-refractivity contribution >= 4 is 5.91 Å². The normalized spacial score (nSPS) is 17.9. The molecule has 0 fully saturated rings. The van der Waals surface area contributed by atoms with E-state index in [0.717, 1.165) is 0 Å². The summed E-state index contributed by atoms with van der Waals surface area (Å²) < 4.78 is 0. The number of allylic oxidation sites excluding steroid dienone is 2. The molecule has 1 aliphatic rings. The van der Waals surface area contributed by atoms with Gasteiger partial charge in [-0.15, -0.1) is 19.7 Å². The van der Waals surface area contributed by atoms with Crippen LogP contribution >= 0.6 is 0 Å². The highest BCUT2D eigenvalue weighted by Crippen LogP contribution is 2.36. The van der Waals surface area contributed by atoms with Crippen molar-refractivity contribution in [2.45, 2.75) is 12.8 Å². The van der Waals surface area contributed by atoms with Crippen LogP contribution in [0.25, 0.3) is 0 Å². The van der Waals surface area contributed by atoms with Crippen LogP contribution < -0.4 is 0 Å². The molecule has 2 heteroatoms. The molecular weight excluding hydrogens is 186 g/mol. The lowest BCUT2D eigenvalue weighted by atomic mass is 9.81. The van der Waals surface area contributed by atoms with E-state index in [1.165, 1.54) is 0 Å². The van der Waals surface area contributed by atoms with Gasteiger partial charge in [-0.2, -0.15) is 0 Å². The predicted octanol–water partition coefficient (Wildman–Crippen LogP) is 2.67. The van der Waals surface area contributed by atoms with E-state index in [-0.39, 0.29) is 5.91 Å². The molecule has 0 unspecified atom stereocenters. The van der Waals surface area contributed by atoms with Crippen LogP contribution in [0.3, 0.4) is 0 Å². The van der Waals surface area contributed by atoms with Crippen molar-refractivity contribution in [3.05, 3.63) is 50.2 Å². The summed E-state index contributed by atoms with van der Waals surface area (Å²) in [6, 6.07) is 0. The van der Waals surface area contributed by atoms with Crippen molar-refractivity contribution in [3.63, 3.8) is 0 Å². The van der Waals surface area contributed by atoms with Crippen molar-refractivity contribution in [2.75, 3.05) is 6.54 Å². The fraction of sp³-hybridized carbons (Fsp3) is 0.308. The Morgan fingerprint density at radius 2 is 1.80 bits per heavy atom. The minimum absolute atomic E-state index is 0.113.